The van der Waals surface area contributed by atoms with Crippen LogP contribution in [-0.2, 0) is 11.3 Å². The van der Waals surface area contributed by atoms with Crippen LogP contribution in [0, 0.1) is 6.92 Å². The van der Waals surface area contributed by atoms with E-state index < -0.39 is 0 Å². The SMILES string of the molecule is Cc1ccc(C(=O)NCCOCc2cccc(Cl)c2)cc1. The van der Waals surface area contributed by atoms with Crippen LogP contribution in [0.25, 0.3) is 0 Å². The van der Waals surface area contributed by atoms with E-state index in [9.17, 15) is 4.79 Å². The molecule has 21 heavy (non-hydrogen) atoms. The zero-order chi connectivity index (χ0) is 15.1. The van der Waals surface area contributed by atoms with Gasteiger partial charge in [0.25, 0.3) is 5.91 Å². The van der Waals surface area contributed by atoms with E-state index in [1.807, 2.05) is 55.5 Å². The summed E-state index contributed by atoms with van der Waals surface area (Å²) in [5, 5.41) is 3.52. The van der Waals surface area contributed by atoms with Gasteiger partial charge in [0, 0.05) is 17.1 Å². The molecule has 0 aliphatic carbocycles. The van der Waals surface area contributed by atoms with Crippen LogP contribution in [-0.4, -0.2) is 19.1 Å². The van der Waals surface area contributed by atoms with Gasteiger partial charge < -0.3 is 10.1 Å². The predicted molar refractivity (Wildman–Crippen MR) is 84.6 cm³/mol. The van der Waals surface area contributed by atoms with E-state index in [2.05, 4.69) is 5.32 Å². The van der Waals surface area contributed by atoms with Crippen molar-refractivity contribution in [2.24, 2.45) is 0 Å². The fraction of sp³-hybridized carbons (Fsp3) is 0.235. The lowest BCUT2D eigenvalue weighted by Gasteiger charge is -2.07. The topological polar surface area (TPSA) is 38.3 Å². The van der Waals surface area contributed by atoms with Crippen molar-refractivity contribution in [1.29, 1.82) is 0 Å². The number of benzene rings is 2. The van der Waals surface area contributed by atoms with E-state index in [0.29, 0.717) is 30.3 Å². The molecule has 0 spiro atoms. The Morgan fingerprint density at radius 3 is 2.67 bits per heavy atom. The summed E-state index contributed by atoms with van der Waals surface area (Å²) < 4.78 is 5.51. The standard InChI is InChI=1S/C17H18ClNO2/c1-13-5-7-15(8-6-13)17(20)19-9-10-21-12-14-3-2-4-16(18)11-14/h2-8,11H,9-10,12H2,1H3,(H,19,20). The van der Waals surface area contributed by atoms with Crippen molar-refractivity contribution in [3.05, 3.63) is 70.2 Å². The lowest BCUT2D eigenvalue weighted by atomic mass is 10.1. The number of amides is 1. The highest BCUT2D eigenvalue weighted by atomic mass is 35.5. The van der Waals surface area contributed by atoms with Crippen LogP contribution in [0.1, 0.15) is 21.5 Å². The van der Waals surface area contributed by atoms with Crippen LogP contribution in [0.3, 0.4) is 0 Å². The smallest absolute Gasteiger partial charge is 0.251 e. The molecule has 0 bridgehead atoms. The van der Waals surface area contributed by atoms with Crippen LogP contribution in [0.4, 0.5) is 0 Å². The number of halogens is 1. The number of ether oxygens (including phenoxy) is 1. The molecule has 0 aliphatic heterocycles. The van der Waals surface area contributed by atoms with Gasteiger partial charge in [-0.15, -0.1) is 0 Å². The highest BCUT2D eigenvalue weighted by molar-refractivity contribution is 6.30. The first-order valence-electron chi connectivity index (χ1n) is 6.82. The average molecular weight is 304 g/mol. The molecule has 2 aromatic rings. The van der Waals surface area contributed by atoms with Gasteiger partial charge in [-0.2, -0.15) is 0 Å². The van der Waals surface area contributed by atoms with Gasteiger partial charge in [0.15, 0.2) is 0 Å². The molecule has 0 saturated heterocycles. The Morgan fingerprint density at radius 1 is 1.19 bits per heavy atom. The van der Waals surface area contributed by atoms with E-state index in [1.165, 1.54) is 0 Å². The summed E-state index contributed by atoms with van der Waals surface area (Å²) in [6, 6.07) is 15.0. The van der Waals surface area contributed by atoms with E-state index in [1.54, 1.807) is 0 Å². The van der Waals surface area contributed by atoms with E-state index in [0.717, 1.165) is 11.1 Å². The number of nitrogens with one attached hydrogen (secondary N) is 1. The Hall–Kier alpha value is -1.84. The molecule has 1 amide bonds. The maximum absolute atomic E-state index is 11.8. The summed E-state index contributed by atoms with van der Waals surface area (Å²) in [5.41, 5.74) is 2.82. The summed E-state index contributed by atoms with van der Waals surface area (Å²) >= 11 is 5.89. The number of hydrogen-bond acceptors (Lipinski definition) is 2. The molecule has 0 fully saturated rings. The molecule has 0 aliphatic rings. The fourth-order valence-corrected chi connectivity index (χ4v) is 2.07. The van der Waals surface area contributed by atoms with Crippen LogP contribution >= 0.6 is 11.6 Å². The molecule has 0 unspecified atom stereocenters. The summed E-state index contributed by atoms with van der Waals surface area (Å²) in [5.74, 6) is -0.0821. The fourth-order valence-electron chi connectivity index (χ4n) is 1.86. The Labute approximate surface area is 129 Å². The molecule has 0 aromatic heterocycles. The van der Waals surface area contributed by atoms with Crippen molar-refractivity contribution < 1.29 is 9.53 Å². The minimum atomic E-state index is -0.0821. The first kappa shape index (κ1) is 15.5. The van der Waals surface area contributed by atoms with Crippen molar-refractivity contribution in [3.8, 4) is 0 Å². The van der Waals surface area contributed by atoms with Gasteiger partial charge in [-0.05, 0) is 36.8 Å². The predicted octanol–water partition coefficient (Wildman–Crippen LogP) is 3.60. The molecule has 3 nitrogen and oxygen atoms in total. The maximum atomic E-state index is 11.8. The third-order valence-electron chi connectivity index (χ3n) is 3.00. The van der Waals surface area contributed by atoms with Gasteiger partial charge in [-0.1, -0.05) is 41.4 Å². The highest BCUT2D eigenvalue weighted by Gasteiger charge is 2.03. The zero-order valence-corrected chi connectivity index (χ0v) is 12.7. The van der Waals surface area contributed by atoms with E-state index in [4.69, 9.17) is 16.3 Å². The molecular weight excluding hydrogens is 286 g/mol. The van der Waals surface area contributed by atoms with Crippen molar-refractivity contribution in [1.82, 2.24) is 5.32 Å². The normalized spacial score (nSPS) is 10.4. The van der Waals surface area contributed by atoms with Crippen molar-refractivity contribution in [3.63, 3.8) is 0 Å². The molecule has 110 valence electrons. The lowest BCUT2D eigenvalue weighted by Crippen LogP contribution is -2.27. The van der Waals surface area contributed by atoms with E-state index >= 15 is 0 Å². The number of hydrogen-bond donors (Lipinski definition) is 1. The molecule has 0 saturated carbocycles. The second-order valence-electron chi connectivity index (χ2n) is 4.80. The summed E-state index contributed by atoms with van der Waals surface area (Å²) in [7, 11) is 0. The highest BCUT2D eigenvalue weighted by Crippen LogP contribution is 2.11. The quantitative estimate of drug-likeness (QED) is 0.828. The Balaban J connectivity index is 1.68. The van der Waals surface area contributed by atoms with E-state index in [-0.39, 0.29) is 5.91 Å². The van der Waals surface area contributed by atoms with Gasteiger partial charge in [-0.3, -0.25) is 4.79 Å². The molecule has 0 atom stereocenters. The summed E-state index contributed by atoms with van der Waals surface area (Å²) in [6.07, 6.45) is 0. The first-order valence-corrected chi connectivity index (χ1v) is 7.20. The summed E-state index contributed by atoms with van der Waals surface area (Å²) in [4.78, 5) is 11.8. The Bertz CT molecular complexity index is 596. The minimum absolute atomic E-state index is 0.0821. The largest absolute Gasteiger partial charge is 0.375 e. The van der Waals surface area contributed by atoms with Crippen molar-refractivity contribution >= 4 is 17.5 Å². The van der Waals surface area contributed by atoms with Gasteiger partial charge >= 0.3 is 0 Å². The Kier molecular flexibility index (Phi) is 5.78. The third-order valence-corrected chi connectivity index (χ3v) is 3.24. The first-order chi connectivity index (χ1) is 10.1. The van der Waals surface area contributed by atoms with Gasteiger partial charge in [-0.25, -0.2) is 0 Å². The lowest BCUT2D eigenvalue weighted by molar-refractivity contribution is 0.0901. The number of carbonyl (C=O) groups excluding carboxylic acids is 1. The zero-order valence-electron chi connectivity index (χ0n) is 11.9. The van der Waals surface area contributed by atoms with Gasteiger partial charge in [0.05, 0.1) is 13.2 Å². The number of carbonyl (C=O) groups is 1. The average Bonchev–Trinajstić information content (AvgIpc) is 2.47. The van der Waals surface area contributed by atoms with Gasteiger partial charge in [0.1, 0.15) is 0 Å². The molecule has 2 aromatic carbocycles. The molecular formula is C17H18ClNO2. The number of rotatable bonds is 6. The summed E-state index contributed by atoms with van der Waals surface area (Å²) in [6.45, 7) is 3.42. The molecule has 0 heterocycles. The molecule has 2 rings (SSSR count). The minimum Gasteiger partial charge on any atom is -0.375 e. The van der Waals surface area contributed by atoms with Crippen LogP contribution < -0.4 is 5.32 Å². The van der Waals surface area contributed by atoms with Crippen LogP contribution in [0.2, 0.25) is 5.02 Å². The van der Waals surface area contributed by atoms with Crippen LogP contribution in [0.15, 0.2) is 48.5 Å². The van der Waals surface area contributed by atoms with Crippen LogP contribution in [0.5, 0.6) is 0 Å². The second kappa shape index (κ2) is 7.81. The van der Waals surface area contributed by atoms with Crippen molar-refractivity contribution in [2.45, 2.75) is 13.5 Å². The monoisotopic (exact) mass is 303 g/mol. The third kappa shape index (κ3) is 5.21. The maximum Gasteiger partial charge on any atom is 0.251 e. The molecule has 0 radical (unpaired) electrons. The van der Waals surface area contributed by atoms with Crippen molar-refractivity contribution in [2.75, 3.05) is 13.2 Å². The molecule has 1 N–H and O–H groups in total. The van der Waals surface area contributed by atoms with Gasteiger partial charge in [0.2, 0.25) is 0 Å². The molecule has 4 heteroatoms. The number of aryl methyl sites for hydroxylation is 1. The Morgan fingerprint density at radius 2 is 1.95 bits per heavy atom. The second-order valence-corrected chi connectivity index (χ2v) is 5.24.